The fourth-order valence-electron chi connectivity index (χ4n) is 2.03. The first-order valence-corrected chi connectivity index (χ1v) is 6.84. The van der Waals surface area contributed by atoms with Crippen LogP contribution in [0.1, 0.15) is 24.1 Å². The standard InChI is InChI=1S/C13H22N6O/c1-4-19-12(7-11(2)16-19)9-18-10-15-13(17-18)8-14-5-6-20-3/h7,10,14H,4-6,8-9H2,1-3H3. The van der Waals surface area contributed by atoms with Crippen LogP contribution in [0.2, 0.25) is 0 Å². The number of hydrogen-bond donors (Lipinski definition) is 1. The summed E-state index contributed by atoms with van der Waals surface area (Å²) in [6.07, 6.45) is 1.76. The highest BCUT2D eigenvalue weighted by Crippen LogP contribution is 2.05. The molecule has 7 nitrogen and oxygen atoms in total. The molecule has 0 unspecified atom stereocenters. The van der Waals surface area contributed by atoms with Crippen LogP contribution in [0.4, 0.5) is 0 Å². The third kappa shape index (κ3) is 3.88. The zero-order valence-corrected chi connectivity index (χ0v) is 12.3. The molecule has 2 heterocycles. The van der Waals surface area contributed by atoms with Gasteiger partial charge in [-0.3, -0.25) is 4.68 Å². The molecule has 0 aliphatic rings. The third-order valence-corrected chi connectivity index (χ3v) is 2.96. The monoisotopic (exact) mass is 278 g/mol. The van der Waals surface area contributed by atoms with Gasteiger partial charge in [-0.15, -0.1) is 0 Å². The molecule has 0 aromatic carbocycles. The van der Waals surface area contributed by atoms with Crippen molar-refractivity contribution in [3.63, 3.8) is 0 Å². The van der Waals surface area contributed by atoms with E-state index in [-0.39, 0.29) is 0 Å². The second-order valence-corrected chi connectivity index (χ2v) is 4.62. The summed E-state index contributed by atoms with van der Waals surface area (Å²) in [6.45, 7) is 7.79. The summed E-state index contributed by atoms with van der Waals surface area (Å²) in [5, 5.41) is 12.1. The highest BCUT2D eigenvalue weighted by Gasteiger charge is 2.06. The summed E-state index contributed by atoms with van der Waals surface area (Å²) in [6, 6.07) is 2.09. The lowest BCUT2D eigenvalue weighted by molar-refractivity contribution is 0.199. The van der Waals surface area contributed by atoms with Crippen LogP contribution in [0.3, 0.4) is 0 Å². The molecule has 110 valence electrons. The van der Waals surface area contributed by atoms with E-state index in [1.54, 1.807) is 13.4 Å². The topological polar surface area (TPSA) is 69.8 Å². The Labute approximate surface area is 119 Å². The van der Waals surface area contributed by atoms with Crippen LogP contribution in [0.5, 0.6) is 0 Å². The number of hydrogen-bond acceptors (Lipinski definition) is 5. The van der Waals surface area contributed by atoms with E-state index in [0.29, 0.717) is 19.7 Å². The van der Waals surface area contributed by atoms with E-state index in [0.717, 1.165) is 30.3 Å². The van der Waals surface area contributed by atoms with Gasteiger partial charge >= 0.3 is 0 Å². The SMILES string of the molecule is CCn1nc(C)cc1Cn1cnc(CNCCOC)n1. The highest BCUT2D eigenvalue weighted by atomic mass is 16.5. The molecule has 0 aliphatic carbocycles. The summed E-state index contributed by atoms with van der Waals surface area (Å²) >= 11 is 0. The molecule has 2 rings (SSSR count). The van der Waals surface area contributed by atoms with Crippen molar-refractivity contribution in [3.05, 3.63) is 29.6 Å². The first-order valence-electron chi connectivity index (χ1n) is 6.84. The highest BCUT2D eigenvalue weighted by molar-refractivity contribution is 5.09. The zero-order valence-electron chi connectivity index (χ0n) is 12.3. The Hall–Kier alpha value is -1.73. The van der Waals surface area contributed by atoms with E-state index in [9.17, 15) is 0 Å². The maximum absolute atomic E-state index is 4.97. The summed E-state index contributed by atoms with van der Waals surface area (Å²) in [7, 11) is 1.69. The minimum absolute atomic E-state index is 0.655. The molecule has 0 spiro atoms. The lowest BCUT2D eigenvalue weighted by atomic mass is 10.3. The Morgan fingerprint density at radius 3 is 2.95 bits per heavy atom. The lowest BCUT2D eigenvalue weighted by Crippen LogP contribution is -2.19. The molecular formula is C13H22N6O. The van der Waals surface area contributed by atoms with Gasteiger partial charge in [-0.05, 0) is 19.9 Å². The van der Waals surface area contributed by atoms with Crippen LogP contribution in [0.25, 0.3) is 0 Å². The van der Waals surface area contributed by atoms with Gasteiger partial charge in [0.15, 0.2) is 5.82 Å². The van der Waals surface area contributed by atoms with Crippen molar-refractivity contribution in [3.8, 4) is 0 Å². The van der Waals surface area contributed by atoms with Gasteiger partial charge in [-0.1, -0.05) is 0 Å². The Kier molecular flexibility index (Phi) is 5.25. The average molecular weight is 278 g/mol. The molecule has 0 aliphatic heterocycles. The molecular weight excluding hydrogens is 256 g/mol. The third-order valence-electron chi connectivity index (χ3n) is 2.96. The van der Waals surface area contributed by atoms with Gasteiger partial charge in [0.1, 0.15) is 6.33 Å². The molecule has 20 heavy (non-hydrogen) atoms. The van der Waals surface area contributed by atoms with Crippen molar-refractivity contribution in [2.24, 2.45) is 0 Å². The molecule has 0 saturated carbocycles. The lowest BCUT2D eigenvalue weighted by Gasteiger charge is -2.04. The van der Waals surface area contributed by atoms with E-state index >= 15 is 0 Å². The van der Waals surface area contributed by atoms with E-state index in [4.69, 9.17) is 4.74 Å². The van der Waals surface area contributed by atoms with Crippen LogP contribution < -0.4 is 5.32 Å². The molecule has 7 heteroatoms. The zero-order chi connectivity index (χ0) is 14.4. The van der Waals surface area contributed by atoms with Crippen molar-refractivity contribution in [2.45, 2.75) is 33.5 Å². The quantitative estimate of drug-likeness (QED) is 0.716. The fraction of sp³-hybridized carbons (Fsp3) is 0.615. The summed E-state index contributed by atoms with van der Waals surface area (Å²) in [5.74, 6) is 0.792. The summed E-state index contributed by atoms with van der Waals surface area (Å²) in [5.41, 5.74) is 2.18. The minimum Gasteiger partial charge on any atom is -0.383 e. The van der Waals surface area contributed by atoms with Crippen molar-refractivity contribution in [1.82, 2.24) is 29.9 Å². The summed E-state index contributed by atoms with van der Waals surface area (Å²) in [4.78, 5) is 4.29. The van der Waals surface area contributed by atoms with Crippen LogP contribution in [-0.4, -0.2) is 44.8 Å². The molecule has 0 radical (unpaired) electrons. The van der Waals surface area contributed by atoms with Gasteiger partial charge in [-0.25, -0.2) is 9.67 Å². The summed E-state index contributed by atoms with van der Waals surface area (Å²) < 4.78 is 8.81. The first kappa shape index (κ1) is 14.7. The predicted octanol–water partition coefficient (Wildman–Crippen LogP) is 0.587. The number of nitrogens with one attached hydrogen (secondary N) is 1. The Balaban J connectivity index is 1.91. The van der Waals surface area contributed by atoms with E-state index in [1.807, 2.05) is 16.3 Å². The normalized spacial score (nSPS) is 11.2. The van der Waals surface area contributed by atoms with Crippen LogP contribution >= 0.6 is 0 Å². The van der Waals surface area contributed by atoms with E-state index in [2.05, 4.69) is 33.5 Å². The molecule has 0 atom stereocenters. The predicted molar refractivity (Wildman–Crippen MR) is 75.3 cm³/mol. The molecule has 2 aromatic heterocycles. The maximum Gasteiger partial charge on any atom is 0.164 e. The van der Waals surface area contributed by atoms with Gasteiger partial charge < -0.3 is 10.1 Å². The Morgan fingerprint density at radius 1 is 1.35 bits per heavy atom. The minimum atomic E-state index is 0.655. The largest absolute Gasteiger partial charge is 0.383 e. The molecule has 0 saturated heterocycles. The smallest absolute Gasteiger partial charge is 0.164 e. The van der Waals surface area contributed by atoms with Crippen molar-refractivity contribution < 1.29 is 4.74 Å². The number of rotatable bonds is 8. The van der Waals surface area contributed by atoms with Crippen molar-refractivity contribution >= 4 is 0 Å². The van der Waals surface area contributed by atoms with Crippen molar-refractivity contribution in [2.75, 3.05) is 20.3 Å². The number of aryl methyl sites for hydroxylation is 2. The molecule has 1 N–H and O–H groups in total. The number of aromatic nitrogens is 5. The Bertz CT molecular complexity index is 533. The molecule has 2 aromatic rings. The van der Waals surface area contributed by atoms with E-state index < -0.39 is 0 Å². The van der Waals surface area contributed by atoms with Crippen LogP contribution in [0, 0.1) is 6.92 Å². The second-order valence-electron chi connectivity index (χ2n) is 4.62. The van der Waals surface area contributed by atoms with Crippen LogP contribution in [0.15, 0.2) is 12.4 Å². The molecule has 0 amide bonds. The number of methoxy groups -OCH3 is 1. The van der Waals surface area contributed by atoms with Gasteiger partial charge in [0.2, 0.25) is 0 Å². The Morgan fingerprint density at radius 2 is 2.20 bits per heavy atom. The van der Waals surface area contributed by atoms with E-state index in [1.165, 1.54) is 0 Å². The van der Waals surface area contributed by atoms with Gasteiger partial charge in [-0.2, -0.15) is 10.2 Å². The van der Waals surface area contributed by atoms with Crippen LogP contribution in [-0.2, 0) is 24.4 Å². The second kappa shape index (κ2) is 7.16. The number of nitrogens with zero attached hydrogens (tertiary/aromatic N) is 5. The molecule has 0 bridgehead atoms. The number of ether oxygens (including phenoxy) is 1. The molecule has 0 fully saturated rings. The average Bonchev–Trinajstić information content (AvgIpc) is 3.02. The van der Waals surface area contributed by atoms with Gasteiger partial charge in [0, 0.05) is 20.2 Å². The maximum atomic E-state index is 4.97. The van der Waals surface area contributed by atoms with Gasteiger partial charge in [0.05, 0.1) is 31.1 Å². The van der Waals surface area contributed by atoms with Crippen molar-refractivity contribution in [1.29, 1.82) is 0 Å². The first-order chi connectivity index (χ1) is 9.72. The van der Waals surface area contributed by atoms with Gasteiger partial charge in [0.25, 0.3) is 0 Å². The fourth-order valence-corrected chi connectivity index (χ4v) is 2.03.